The molecule has 0 aromatic heterocycles. The molecular formula is C13H20N2O4. The molecule has 0 heterocycles. The van der Waals surface area contributed by atoms with Crippen molar-refractivity contribution in [1.29, 1.82) is 0 Å². The second-order valence-corrected chi connectivity index (χ2v) is 4.49. The molecule has 6 heteroatoms. The van der Waals surface area contributed by atoms with Crippen LogP contribution in [-0.4, -0.2) is 28.9 Å². The van der Waals surface area contributed by atoms with Gasteiger partial charge in [-0.2, -0.15) is 0 Å². The molecule has 0 spiro atoms. The Morgan fingerprint density at radius 2 is 1.89 bits per heavy atom. The average molecular weight is 268 g/mol. The van der Waals surface area contributed by atoms with Gasteiger partial charge >= 0.3 is 5.97 Å². The van der Waals surface area contributed by atoms with Gasteiger partial charge in [-0.05, 0) is 12.3 Å². The predicted octanol–water partition coefficient (Wildman–Crippen LogP) is 0.590. The molecule has 0 aromatic carbocycles. The summed E-state index contributed by atoms with van der Waals surface area (Å²) in [7, 11) is 0. The van der Waals surface area contributed by atoms with Crippen LogP contribution in [0.2, 0.25) is 0 Å². The number of hydrogen-bond donors (Lipinski definition) is 3. The zero-order valence-corrected chi connectivity index (χ0v) is 11.1. The average Bonchev–Trinajstić information content (AvgIpc) is 2.26. The number of amides is 2. The van der Waals surface area contributed by atoms with Crippen LogP contribution >= 0.6 is 0 Å². The summed E-state index contributed by atoms with van der Waals surface area (Å²) >= 11 is 0. The van der Waals surface area contributed by atoms with Crippen molar-refractivity contribution in [3.63, 3.8) is 0 Å². The maximum atomic E-state index is 11.4. The Morgan fingerprint density at radius 1 is 1.26 bits per heavy atom. The lowest BCUT2D eigenvalue weighted by Gasteiger charge is -2.10. The lowest BCUT2D eigenvalue weighted by atomic mass is 10.1. The van der Waals surface area contributed by atoms with Crippen LogP contribution in [-0.2, 0) is 14.4 Å². The van der Waals surface area contributed by atoms with E-state index in [2.05, 4.69) is 19.2 Å². The minimum absolute atomic E-state index is 0.432. The van der Waals surface area contributed by atoms with Gasteiger partial charge in [-0.15, -0.1) is 0 Å². The van der Waals surface area contributed by atoms with Crippen molar-refractivity contribution in [2.75, 3.05) is 0 Å². The summed E-state index contributed by atoms with van der Waals surface area (Å²) in [6.45, 7) is 4.14. The molecule has 106 valence electrons. The zero-order valence-electron chi connectivity index (χ0n) is 11.1. The topological polar surface area (TPSA) is 109 Å². The van der Waals surface area contributed by atoms with E-state index < -0.39 is 30.2 Å². The number of carbonyl (C=O) groups is 3. The molecule has 1 atom stereocenters. The van der Waals surface area contributed by atoms with Gasteiger partial charge < -0.3 is 16.2 Å². The molecule has 0 saturated carbocycles. The van der Waals surface area contributed by atoms with Gasteiger partial charge in [0.25, 0.3) is 0 Å². The molecule has 0 aliphatic heterocycles. The van der Waals surface area contributed by atoms with Gasteiger partial charge in [0, 0.05) is 6.08 Å². The van der Waals surface area contributed by atoms with Crippen molar-refractivity contribution in [2.45, 2.75) is 32.7 Å². The van der Waals surface area contributed by atoms with E-state index in [-0.39, 0.29) is 0 Å². The summed E-state index contributed by atoms with van der Waals surface area (Å²) in [5, 5.41) is 11.0. The van der Waals surface area contributed by atoms with Gasteiger partial charge in [0.15, 0.2) is 0 Å². The van der Waals surface area contributed by atoms with E-state index in [1.807, 2.05) is 6.08 Å². The standard InChI is InChI=1S/C13H20N2O4/c1-9(2)6-4-3-5-7-12(17)15-10(13(18)19)8-11(14)16/h3-5,7,9-10H,6,8H2,1-2H3,(H2,14,16)(H,15,17)(H,18,19). The maximum Gasteiger partial charge on any atom is 0.326 e. The number of aliphatic carboxylic acids is 1. The molecule has 6 nitrogen and oxygen atoms in total. The van der Waals surface area contributed by atoms with E-state index in [9.17, 15) is 14.4 Å². The Labute approximate surface area is 112 Å². The van der Waals surface area contributed by atoms with Crippen molar-refractivity contribution < 1.29 is 19.5 Å². The molecule has 1 unspecified atom stereocenters. The summed E-state index contributed by atoms with van der Waals surface area (Å²) in [5.74, 6) is -2.13. The second-order valence-electron chi connectivity index (χ2n) is 4.49. The molecule has 0 aromatic rings. The van der Waals surface area contributed by atoms with Gasteiger partial charge in [-0.3, -0.25) is 9.59 Å². The van der Waals surface area contributed by atoms with Crippen LogP contribution < -0.4 is 11.1 Å². The Morgan fingerprint density at radius 3 is 2.37 bits per heavy atom. The van der Waals surface area contributed by atoms with Crippen LogP contribution in [0.25, 0.3) is 0 Å². The summed E-state index contributed by atoms with van der Waals surface area (Å²) < 4.78 is 0. The fourth-order valence-corrected chi connectivity index (χ4v) is 1.19. The number of carboxylic acids is 1. The highest BCUT2D eigenvalue weighted by molar-refractivity contribution is 5.93. The third kappa shape index (κ3) is 9.58. The molecule has 0 bridgehead atoms. The Kier molecular flexibility index (Phi) is 7.92. The summed E-state index contributed by atoms with van der Waals surface area (Å²) in [5.41, 5.74) is 4.89. The molecule has 0 aliphatic rings. The minimum Gasteiger partial charge on any atom is -0.480 e. The summed E-state index contributed by atoms with van der Waals surface area (Å²) in [6, 6.07) is -1.30. The van der Waals surface area contributed by atoms with Gasteiger partial charge in [-0.1, -0.05) is 32.1 Å². The first-order valence-electron chi connectivity index (χ1n) is 5.97. The lowest BCUT2D eigenvalue weighted by molar-refractivity contribution is -0.142. The van der Waals surface area contributed by atoms with Crippen LogP contribution in [0.1, 0.15) is 26.7 Å². The van der Waals surface area contributed by atoms with E-state index in [0.29, 0.717) is 5.92 Å². The highest BCUT2D eigenvalue weighted by Gasteiger charge is 2.20. The number of allylic oxidation sites excluding steroid dienone is 3. The number of nitrogens with two attached hydrogens (primary N) is 1. The molecule has 0 fully saturated rings. The third-order valence-electron chi connectivity index (χ3n) is 2.12. The first-order chi connectivity index (χ1) is 8.82. The summed E-state index contributed by atoms with van der Waals surface area (Å²) in [4.78, 5) is 32.8. The largest absolute Gasteiger partial charge is 0.480 e. The molecule has 0 rings (SSSR count). The van der Waals surface area contributed by atoms with Crippen LogP contribution in [0, 0.1) is 5.92 Å². The minimum atomic E-state index is -1.30. The number of carboxylic acid groups (broad SMARTS) is 1. The Bertz CT molecular complexity index is 386. The smallest absolute Gasteiger partial charge is 0.326 e. The van der Waals surface area contributed by atoms with E-state index in [4.69, 9.17) is 10.8 Å². The highest BCUT2D eigenvalue weighted by atomic mass is 16.4. The number of primary amides is 1. The molecular weight excluding hydrogens is 248 g/mol. The van der Waals surface area contributed by atoms with Gasteiger partial charge in [0.1, 0.15) is 6.04 Å². The normalized spacial score (nSPS) is 13.0. The number of hydrogen-bond acceptors (Lipinski definition) is 3. The quantitative estimate of drug-likeness (QED) is 0.442. The Balaban J connectivity index is 4.26. The van der Waals surface area contributed by atoms with E-state index >= 15 is 0 Å². The van der Waals surface area contributed by atoms with Crippen molar-refractivity contribution >= 4 is 17.8 Å². The first kappa shape index (κ1) is 16.9. The van der Waals surface area contributed by atoms with Crippen LogP contribution in [0.15, 0.2) is 24.3 Å². The second kappa shape index (κ2) is 8.91. The number of rotatable bonds is 8. The van der Waals surface area contributed by atoms with Crippen molar-refractivity contribution in [3.8, 4) is 0 Å². The van der Waals surface area contributed by atoms with Gasteiger partial charge in [0.05, 0.1) is 6.42 Å². The predicted molar refractivity (Wildman–Crippen MR) is 71.1 cm³/mol. The first-order valence-corrected chi connectivity index (χ1v) is 5.97. The third-order valence-corrected chi connectivity index (χ3v) is 2.12. The van der Waals surface area contributed by atoms with E-state index in [1.54, 1.807) is 6.08 Å². The van der Waals surface area contributed by atoms with Gasteiger partial charge in [0.2, 0.25) is 11.8 Å². The van der Waals surface area contributed by atoms with Gasteiger partial charge in [-0.25, -0.2) is 4.79 Å². The summed E-state index contributed by atoms with van der Waals surface area (Å²) in [6.07, 6.45) is 6.80. The zero-order chi connectivity index (χ0) is 14.8. The fraction of sp³-hybridized carbons (Fsp3) is 0.462. The molecule has 0 radical (unpaired) electrons. The highest BCUT2D eigenvalue weighted by Crippen LogP contribution is 1.99. The van der Waals surface area contributed by atoms with Crippen molar-refractivity contribution in [3.05, 3.63) is 24.3 Å². The van der Waals surface area contributed by atoms with E-state index in [0.717, 1.165) is 6.42 Å². The molecule has 0 saturated heterocycles. The molecule has 0 aliphatic carbocycles. The number of nitrogens with one attached hydrogen (secondary N) is 1. The SMILES string of the molecule is CC(C)CC=CC=CC(=O)NC(CC(N)=O)C(=O)O. The molecule has 2 amide bonds. The maximum absolute atomic E-state index is 11.4. The van der Waals surface area contributed by atoms with Crippen LogP contribution in [0.5, 0.6) is 0 Å². The fourth-order valence-electron chi connectivity index (χ4n) is 1.19. The number of carbonyl (C=O) groups excluding carboxylic acids is 2. The monoisotopic (exact) mass is 268 g/mol. The Hall–Kier alpha value is -2.11. The van der Waals surface area contributed by atoms with Crippen molar-refractivity contribution in [2.24, 2.45) is 11.7 Å². The van der Waals surface area contributed by atoms with Crippen LogP contribution in [0.4, 0.5) is 0 Å². The lowest BCUT2D eigenvalue weighted by Crippen LogP contribution is -2.42. The van der Waals surface area contributed by atoms with Crippen molar-refractivity contribution in [1.82, 2.24) is 5.32 Å². The van der Waals surface area contributed by atoms with E-state index in [1.165, 1.54) is 12.2 Å². The molecule has 4 N–H and O–H groups in total. The molecule has 19 heavy (non-hydrogen) atoms. The van der Waals surface area contributed by atoms with Crippen LogP contribution in [0.3, 0.4) is 0 Å².